The molecule has 0 N–H and O–H groups in total. The van der Waals surface area contributed by atoms with Gasteiger partial charge in [0.25, 0.3) is 11.6 Å². The smallest absolute Gasteiger partial charge is 0.278 e. The summed E-state index contributed by atoms with van der Waals surface area (Å²) in [5.41, 5.74) is 1.09. The topological polar surface area (TPSA) is 121 Å². The molecule has 0 unspecified atom stereocenters. The number of methoxy groups -OCH3 is 2. The normalized spacial score (nSPS) is 20.0. The highest BCUT2D eigenvalue weighted by Gasteiger charge is 2.56. The van der Waals surface area contributed by atoms with E-state index in [-0.39, 0.29) is 17.1 Å². The number of carbonyl (C=O) groups is 2. The summed E-state index contributed by atoms with van der Waals surface area (Å²) in [5.74, 6) is -1.23. The van der Waals surface area contributed by atoms with Crippen LogP contribution in [0.2, 0.25) is 0 Å². The summed E-state index contributed by atoms with van der Waals surface area (Å²) >= 11 is 0. The van der Waals surface area contributed by atoms with Crippen molar-refractivity contribution in [3.63, 3.8) is 0 Å². The Morgan fingerprint density at radius 3 is 2.53 bits per heavy atom. The molecule has 30 heavy (non-hydrogen) atoms. The first-order valence-corrected chi connectivity index (χ1v) is 8.96. The second kappa shape index (κ2) is 7.14. The molecule has 1 fully saturated rings. The van der Waals surface area contributed by atoms with Gasteiger partial charge in [0.05, 0.1) is 24.8 Å². The maximum atomic E-state index is 13.2. The number of nitrogens with zero attached hydrogens (tertiary/aromatic N) is 3. The first-order chi connectivity index (χ1) is 14.4. The Balaban J connectivity index is 1.72. The lowest BCUT2D eigenvalue weighted by Crippen LogP contribution is -2.33. The van der Waals surface area contributed by atoms with Gasteiger partial charge < -0.3 is 14.3 Å². The molecule has 2 heterocycles. The molecule has 154 valence electrons. The van der Waals surface area contributed by atoms with Gasteiger partial charge in [-0.1, -0.05) is 11.2 Å². The maximum absolute atomic E-state index is 13.2. The highest BCUT2D eigenvalue weighted by atomic mass is 16.7. The number of carbonyl (C=O) groups excluding carboxylic acids is 2. The number of ether oxygens (including phenoxy) is 2. The summed E-state index contributed by atoms with van der Waals surface area (Å²) in [5, 5.41) is 15.2. The molecule has 2 aromatic rings. The average Bonchev–Trinajstić information content (AvgIpc) is 3.28. The lowest BCUT2D eigenvalue weighted by molar-refractivity contribution is -0.385. The number of anilines is 1. The number of amides is 2. The first kappa shape index (κ1) is 19.4. The Morgan fingerprint density at radius 1 is 1.10 bits per heavy atom. The number of hydrogen-bond acceptors (Lipinski definition) is 8. The van der Waals surface area contributed by atoms with Crippen LogP contribution < -0.4 is 14.4 Å². The predicted molar refractivity (Wildman–Crippen MR) is 105 cm³/mol. The average molecular weight is 411 g/mol. The van der Waals surface area contributed by atoms with Crippen LogP contribution in [0, 0.1) is 23.0 Å². The third-order valence-corrected chi connectivity index (χ3v) is 5.14. The standard InChI is InChI=1S/C20H17N3O7/c1-10-4-5-11(8-14(10)23(26)27)22-19(24)16-17(21-30-18(16)20(22)25)13-7-6-12(28-2)9-15(13)29-3/h4-9,16,18H,1-3H3/t16-,18+/m0/s1. The van der Waals surface area contributed by atoms with Crippen molar-refractivity contribution in [2.45, 2.75) is 13.0 Å². The number of oxime groups is 1. The highest BCUT2D eigenvalue weighted by Crippen LogP contribution is 2.39. The van der Waals surface area contributed by atoms with Crippen molar-refractivity contribution in [2.75, 3.05) is 19.1 Å². The number of nitro benzene ring substituents is 1. The van der Waals surface area contributed by atoms with Crippen molar-refractivity contribution >= 4 is 28.9 Å². The molecule has 2 aliphatic heterocycles. The van der Waals surface area contributed by atoms with E-state index >= 15 is 0 Å². The summed E-state index contributed by atoms with van der Waals surface area (Å²) in [6, 6.07) is 9.16. The minimum absolute atomic E-state index is 0.112. The second-order valence-electron chi connectivity index (χ2n) is 6.79. The van der Waals surface area contributed by atoms with Gasteiger partial charge >= 0.3 is 0 Å². The van der Waals surface area contributed by atoms with Gasteiger partial charge in [0.1, 0.15) is 23.1 Å². The quantitative estimate of drug-likeness (QED) is 0.420. The van der Waals surface area contributed by atoms with Crippen molar-refractivity contribution in [3.8, 4) is 11.5 Å². The van der Waals surface area contributed by atoms with Crippen molar-refractivity contribution in [1.82, 2.24) is 0 Å². The van der Waals surface area contributed by atoms with Gasteiger partial charge in [-0.2, -0.15) is 0 Å². The zero-order valence-corrected chi connectivity index (χ0v) is 16.3. The third-order valence-electron chi connectivity index (χ3n) is 5.14. The summed E-state index contributed by atoms with van der Waals surface area (Å²) in [6.45, 7) is 1.58. The highest BCUT2D eigenvalue weighted by molar-refractivity contribution is 6.32. The van der Waals surface area contributed by atoms with E-state index in [1.54, 1.807) is 25.1 Å². The number of aryl methyl sites for hydroxylation is 1. The fourth-order valence-corrected chi connectivity index (χ4v) is 3.60. The lowest BCUT2D eigenvalue weighted by atomic mass is 9.93. The molecule has 10 heteroatoms. The van der Waals surface area contributed by atoms with Crippen molar-refractivity contribution < 1.29 is 28.8 Å². The van der Waals surface area contributed by atoms with E-state index < -0.39 is 28.8 Å². The molecule has 0 bridgehead atoms. The molecular formula is C20H17N3O7. The van der Waals surface area contributed by atoms with Crippen LogP contribution >= 0.6 is 0 Å². The van der Waals surface area contributed by atoms with E-state index in [9.17, 15) is 19.7 Å². The minimum atomic E-state index is -1.14. The van der Waals surface area contributed by atoms with E-state index in [4.69, 9.17) is 14.3 Å². The van der Waals surface area contributed by atoms with Gasteiger partial charge in [-0.05, 0) is 25.1 Å². The number of nitro groups is 1. The van der Waals surface area contributed by atoms with Crippen LogP contribution in [-0.4, -0.2) is 42.8 Å². The van der Waals surface area contributed by atoms with Crippen molar-refractivity contribution in [1.29, 1.82) is 0 Å². The molecular weight excluding hydrogens is 394 g/mol. The number of rotatable bonds is 5. The molecule has 1 saturated heterocycles. The number of hydrogen-bond donors (Lipinski definition) is 0. The molecule has 2 amide bonds. The largest absolute Gasteiger partial charge is 0.497 e. The first-order valence-electron chi connectivity index (χ1n) is 8.96. The van der Waals surface area contributed by atoms with E-state index in [2.05, 4.69) is 5.16 Å². The number of benzene rings is 2. The molecule has 0 radical (unpaired) electrons. The molecule has 0 spiro atoms. The van der Waals surface area contributed by atoms with Crippen LogP contribution in [0.15, 0.2) is 41.6 Å². The number of imide groups is 1. The van der Waals surface area contributed by atoms with Crippen molar-refractivity contribution in [3.05, 3.63) is 57.6 Å². The van der Waals surface area contributed by atoms with Gasteiger partial charge in [-0.25, -0.2) is 4.90 Å². The van der Waals surface area contributed by atoms with Crippen LogP contribution in [-0.2, 0) is 14.4 Å². The molecule has 0 saturated carbocycles. The summed E-state index contributed by atoms with van der Waals surface area (Å²) in [6.07, 6.45) is -1.14. The fourth-order valence-electron chi connectivity index (χ4n) is 3.60. The SMILES string of the molecule is COc1ccc(C2=NO[C@H]3C(=O)N(c4ccc(C)c([N+](=O)[O-])c4)C(=O)[C@@H]23)c(OC)c1. The van der Waals surface area contributed by atoms with Crippen LogP contribution in [0.5, 0.6) is 11.5 Å². The zero-order chi connectivity index (χ0) is 21.6. The summed E-state index contributed by atoms with van der Waals surface area (Å²) in [4.78, 5) is 43.0. The van der Waals surface area contributed by atoms with Crippen LogP contribution in [0.3, 0.4) is 0 Å². The molecule has 2 aromatic carbocycles. The van der Waals surface area contributed by atoms with Gasteiger partial charge in [0, 0.05) is 23.3 Å². The zero-order valence-electron chi connectivity index (χ0n) is 16.3. The summed E-state index contributed by atoms with van der Waals surface area (Å²) < 4.78 is 10.6. The van der Waals surface area contributed by atoms with Gasteiger partial charge in [0.15, 0.2) is 0 Å². The molecule has 0 aromatic heterocycles. The summed E-state index contributed by atoms with van der Waals surface area (Å²) in [7, 11) is 2.98. The van der Waals surface area contributed by atoms with Gasteiger partial charge in [-0.3, -0.25) is 19.7 Å². The monoisotopic (exact) mass is 411 g/mol. The Kier molecular flexibility index (Phi) is 4.61. The van der Waals surface area contributed by atoms with E-state index in [1.165, 1.54) is 32.4 Å². The molecule has 2 atom stereocenters. The Hall–Kier alpha value is -3.95. The second-order valence-corrected chi connectivity index (χ2v) is 6.79. The minimum Gasteiger partial charge on any atom is -0.497 e. The Morgan fingerprint density at radius 2 is 1.87 bits per heavy atom. The van der Waals surface area contributed by atoms with Gasteiger partial charge in [0.2, 0.25) is 12.0 Å². The number of fused-ring (bicyclic) bond motifs is 1. The predicted octanol–water partition coefficient (Wildman–Crippen LogP) is 2.21. The van der Waals surface area contributed by atoms with Crippen LogP contribution in [0.1, 0.15) is 11.1 Å². The molecule has 0 aliphatic carbocycles. The van der Waals surface area contributed by atoms with E-state index in [0.717, 1.165) is 4.90 Å². The Labute approximate surface area is 170 Å². The van der Waals surface area contributed by atoms with Gasteiger partial charge in [-0.15, -0.1) is 0 Å². The maximum Gasteiger partial charge on any atom is 0.278 e. The fraction of sp³-hybridized carbons (Fsp3) is 0.250. The van der Waals surface area contributed by atoms with Crippen LogP contribution in [0.4, 0.5) is 11.4 Å². The van der Waals surface area contributed by atoms with Crippen molar-refractivity contribution in [2.24, 2.45) is 11.1 Å². The van der Waals surface area contributed by atoms with E-state index in [1.807, 2.05) is 0 Å². The van der Waals surface area contributed by atoms with Crippen LogP contribution in [0.25, 0.3) is 0 Å². The third kappa shape index (κ3) is 2.84. The van der Waals surface area contributed by atoms with E-state index in [0.29, 0.717) is 22.6 Å². The molecule has 2 aliphatic rings. The Bertz CT molecular complexity index is 1110. The molecule has 4 rings (SSSR count). The molecule has 10 nitrogen and oxygen atoms in total. The lowest BCUT2D eigenvalue weighted by Gasteiger charge is -2.16.